The van der Waals surface area contributed by atoms with Crippen molar-refractivity contribution in [2.45, 2.75) is 18.9 Å². The summed E-state index contributed by atoms with van der Waals surface area (Å²) in [5.41, 5.74) is 1.70. The first-order valence-electron chi connectivity index (χ1n) is 11.4. The van der Waals surface area contributed by atoms with Gasteiger partial charge in [0.15, 0.2) is 11.5 Å². The maximum absolute atomic E-state index is 13.5. The molecular formula is C27H26FN3O5. The van der Waals surface area contributed by atoms with E-state index >= 15 is 0 Å². The lowest BCUT2D eigenvalue weighted by molar-refractivity contribution is -0.124. The third-order valence-electron chi connectivity index (χ3n) is 5.93. The maximum atomic E-state index is 13.5. The molecule has 0 aliphatic carbocycles. The molecule has 0 saturated carbocycles. The molecule has 0 bridgehead atoms. The third kappa shape index (κ3) is 5.30. The Labute approximate surface area is 208 Å². The number of urea groups is 1. The van der Waals surface area contributed by atoms with Gasteiger partial charge in [-0.1, -0.05) is 24.3 Å². The fourth-order valence-corrected chi connectivity index (χ4v) is 4.11. The van der Waals surface area contributed by atoms with Gasteiger partial charge in [0.1, 0.15) is 11.9 Å². The van der Waals surface area contributed by atoms with E-state index in [9.17, 15) is 18.8 Å². The number of rotatable bonds is 9. The first-order chi connectivity index (χ1) is 17.4. The van der Waals surface area contributed by atoms with E-state index in [1.54, 1.807) is 43.5 Å². The number of nitrogens with one attached hydrogen (secondary N) is 1. The molecule has 4 rings (SSSR count). The van der Waals surface area contributed by atoms with Gasteiger partial charge in [-0.2, -0.15) is 0 Å². The van der Waals surface area contributed by atoms with Crippen molar-refractivity contribution in [3.63, 3.8) is 0 Å². The van der Waals surface area contributed by atoms with Gasteiger partial charge in [0.2, 0.25) is 5.91 Å². The molecule has 4 amide bonds. The molecule has 3 aromatic rings. The Morgan fingerprint density at radius 2 is 1.64 bits per heavy atom. The molecule has 0 radical (unpaired) electrons. The number of imide groups is 1. The lowest BCUT2D eigenvalue weighted by atomic mass is 10.1. The highest BCUT2D eigenvalue weighted by Crippen LogP contribution is 2.30. The molecular weight excluding hydrogens is 465 g/mol. The molecule has 0 unspecified atom stereocenters. The molecule has 0 spiro atoms. The second-order valence-electron chi connectivity index (χ2n) is 8.20. The van der Waals surface area contributed by atoms with Crippen molar-refractivity contribution in [1.29, 1.82) is 0 Å². The standard InChI is InChI=1S/C27H26FN3O5/c1-35-23-13-8-18(16-24(23)36-2)14-15-30-22(17-25(32)29-20-6-4-3-5-7-20)26(33)31(27(30)34)21-11-9-19(28)10-12-21/h3-13,16,22H,14-15,17H2,1-2H3,(H,29,32)/t22-/m0/s1. The highest BCUT2D eigenvalue weighted by atomic mass is 19.1. The first kappa shape index (κ1) is 24.7. The predicted octanol–water partition coefficient (Wildman–Crippen LogP) is 4.25. The predicted molar refractivity (Wildman–Crippen MR) is 133 cm³/mol. The van der Waals surface area contributed by atoms with Crippen LogP contribution in [0, 0.1) is 5.82 Å². The molecule has 1 fully saturated rings. The van der Waals surface area contributed by atoms with E-state index in [4.69, 9.17) is 9.47 Å². The Morgan fingerprint density at radius 1 is 0.944 bits per heavy atom. The van der Waals surface area contributed by atoms with Gasteiger partial charge in [-0.05, 0) is 60.5 Å². The minimum absolute atomic E-state index is 0.182. The van der Waals surface area contributed by atoms with Crippen LogP contribution >= 0.6 is 0 Å². The molecule has 36 heavy (non-hydrogen) atoms. The molecule has 1 aliphatic heterocycles. The zero-order chi connectivity index (χ0) is 25.7. The number of carbonyl (C=O) groups is 3. The summed E-state index contributed by atoms with van der Waals surface area (Å²) in [5.74, 6) is -0.300. The number of hydrogen-bond acceptors (Lipinski definition) is 5. The van der Waals surface area contributed by atoms with E-state index in [0.717, 1.165) is 10.5 Å². The lowest BCUT2D eigenvalue weighted by Gasteiger charge is -2.22. The van der Waals surface area contributed by atoms with Gasteiger partial charge < -0.3 is 19.7 Å². The molecule has 1 atom stereocenters. The average molecular weight is 492 g/mol. The maximum Gasteiger partial charge on any atom is 0.332 e. The lowest BCUT2D eigenvalue weighted by Crippen LogP contribution is -2.39. The summed E-state index contributed by atoms with van der Waals surface area (Å²) in [4.78, 5) is 41.9. The molecule has 1 N–H and O–H groups in total. The second kappa shape index (κ2) is 10.9. The van der Waals surface area contributed by atoms with Crippen molar-refractivity contribution in [3.8, 4) is 11.5 Å². The SMILES string of the molecule is COc1ccc(CCN2C(=O)N(c3ccc(F)cc3)C(=O)[C@@H]2CC(=O)Nc2ccccc2)cc1OC. The number of carbonyl (C=O) groups excluding carboxylic acids is 3. The fraction of sp³-hybridized carbons (Fsp3) is 0.222. The molecule has 1 aliphatic rings. The number of nitrogens with zero attached hydrogens (tertiary/aromatic N) is 2. The number of benzene rings is 3. The Morgan fingerprint density at radius 3 is 2.31 bits per heavy atom. The topological polar surface area (TPSA) is 88.2 Å². The number of halogens is 1. The van der Waals surface area contributed by atoms with E-state index in [1.165, 1.54) is 36.3 Å². The molecule has 0 aromatic heterocycles. The van der Waals surface area contributed by atoms with Gasteiger partial charge in [-0.25, -0.2) is 14.1 Å². The Balaban J connectivity index is 1.56. The van der Waals surface area contributed by atoms with E-state index in [0.29, 0.717) is 23.6 Å². The average Bonchev–Trinajstić information content (AvgIpc) is 3.12. The van der Waals surface area contributed by atoms with Crippen molar-refractivity contribution in [2.75, 3.05) is 31.0 Å². The van der Waals surface area contributed by atoms with E-state index in [1.807, 2.05) is 12.1 Å². The summed E-state index contributed by atoms with van der Waals surface area (Å²) in [6.45, 7) is 0.182. The van der Waals surface area contributed by atoms with Gasteiger partial charge in [0.05, 0.1) is 26.3 Å². The van der Waals surface area contributed by atoms with Crippen LogP contribution in [0.4, 0.5) is 20.6 Å². The zero-order valence-corrected chi connectivity index (χ0v) is 19.9. The number of amides is 4. The van der Waals surface area contributed by atoms with Crippen LogP contribution in [0.1, 0.15) is 12.0 Å². The molecule has 1 saturated heterocycles. The van der Waals surface area contributed by atoms with Crippen LogP contribution in [0.5, 0.6) is 11.5 Å². The molecule has 186 valence electrons. The third-order valence-corrected chi connectivity index (χ3v) is 5.93. The number of ether oxygens (including phenoxy) is 2. The van der Waals surface area contributed by atoms with Crippen molar-refractivity contribution in [3.05, 3.63) is 84.2 Å². The van der Waals surface area contributed by atoms with E-state index in [2.05, 4.69) is 5.32 Å². The summed E-state index contributed by atoms with van der Waals surface area (Å²) in [6.07, 6.45) is 0.191. The van der Waals surface area contributed by atoms with Crippen LogP contribution in [-0.4, -0.2) is 49.6 Å². The number of methoxy groups -OCH3 is 2. The fourth-order valence-electron chi connectivity index (χ4n) is 4.11. The largest absolute Gasteiger partial charge is 0.493 e. The Bertz CT molecular complexity index is 1250. The van der Waals surface area contributed by atoms with Gasteiger partial charge in [0, 0.05) is 12.2 Å². The number of anilines is 2. The summed E-state index contributed by atoms with van der Waals surface area (Å²) >= 11 is 0. The van der Waals surface area contributed by atoms with Crippen LogP contribution in [0.3, 0.4) is 0 Å². The molecule has 9 heteroatoms. The highest BCUT2D eigenvalue weighted by Gasteiger charge is 2.46. The molecule has 8 nitrogen and oxygen atoms in total. The first-order valence-corrected chi connectivity index (χ1v) is 11.4. The Kier molecular flexibility index (Phi) is 7.48. The second-order valence-corrected chi connectivity index (χ2v) is 8.20. The van der Waals surface area contributed by atoms with Crippen LogP contribution in [0.2, 0.25) is 0 Å². The minimum atomic E-state index is -1.01. The van der Waals surface area contributed by atoms with Crippen LogP contribution < -0.4 is 19.7 Å². The van der Waals surface area contributed by atoms with Crippen molar-refractivity contribution in [1.82, 2.24) is 4.90 Å². The van der Waals surface area contributed by atoms with Crippen LogP contribution in [-0.2, 0) is 16.0 Å². The van der Waals surface area contributed by atoms with Gasteiger partial charge in [-0.15, -0.1) is 0 Å². The summed E-state index contributed by atoms with van der Waals surface area (Å²) in [5, 5.41) is 2.76. The van der Waals surface area contributed by atoms with Crippen LogP contribution in [0.25, 0.3) is 0 Å². The monoisotopic (exact) mass is 491 g/mol. The van der Waals surface area contributed by atoms with E-state index < -0.39 is 29.7 Å². The smallest absolute Gasteiger partial charge is 0.332 e. The summed E-state index contributed by atoms with van der Waals surface area (Å²) in [6, 6.07) is 17.8. The highest BCUT2D eigenvalue weighted by molar-refractivity contribution is 6.22. The number of hydrogen-bond donors (Lipinski definition) is 1. The summed E-state index contributed by atoms with van der Waals surface area (Å²) in [7, 11) is 3.08. The van der Waals surface area contributed by atoms with Gasteiger partial charge >= 0.3 is 6.03 Å². The van der Waals surface area contributed by atoms with Crippen molar-refractivity contribution in [2.24, 2.45) is 0 Å². The molecule has 3 aromatic carbocycles. The van der Waals surface area contributed by atoms with Crippen LogP contribution in [0.15, 0.2) is 72.8 Å². The van der Waals surface area contributed by atoms with Crippen molar-refractivity contribution >= 4 is 29.2 Å². The van der Waals surface area contributed by atoms with Gasteiger partial charge in [0.25, 0.3) is 5.91 Å². The minimum Gasteiger partial charge on any atom is -0.493 e. The van der Waals surface area contributed by atoms with E-state index in [-0.39, 0.29) is 18.7 Å². The molecule has 1 heterocycles. The quantitative estimate of drug-likeness (QED) is 0.452. The van der Waals surface area contributed by atoms with Gasteiger partial charge in [-0.3, -0.25) is 9.59 Å². The normalized spacial score (nSPS) is 15.2. The summed E-state index contributed by atoms with van der Waals surface area (Å²) < 4.78 is 24.1. The Hall–Kier alpha value is -4.40. The zero-order valence-electron chi connectivity index (χ0n) is 19.9. The number of para-hydroxylation sites is 1. The van der Waals surface area contributed by atoms with Crippen molar-refractivity contribution < 1.29 is 28.2 Å².